The summed E-state index contributed by atoms with van der Waals surface area (Å²) in [7, 11) is 1.74. The molecule has 5 heteroatoms. The highest BCUT2D eigenvalue weighted by Crippen LogP contribution is 2.24. The standard InChI is InChI=1S/C21H30N4O/c1-17-7-4-5-9-20(17)24-11-13-25(14-12-24)21-19(8-6-10-22-21)15-23-18(2)16-26-3/h4-10,18,23H,11-16H2,1-3H3/t18-/m0/s1. The smallest absolute Gasteiger partial charge is 0.133 e. The number of methoxy groups -OCH3 is 1. The summed E-state index contributed by atoms with van der Waals surface area (Å²) in [5.41, 5.74) is 3.94. The number of aromatic nitrogens is 1. The van der Waals surface area contributed by atoms with Gasteiger partial charge in [0.25, 0.3) is 0 Å². The molecular weight excluding hydrogens is 324 g/mol. The molecule has 3 rings (SSSR count). The lowest BCUT2D eigenvalue weighted by atomic mass is 10.1. The summed E-state index contributed by atoms with van der Waals surface area (Å²) in [6.07, 6.45) is 1.89. The molecule has 2 aromatic rings. The number of benzene rings is 1. The molecule has 0 amide bonds. The quantitative estimate of drug-likeness (QED) is 0.828. The second-order valence-corrected chi connectivity index (χ2v) is 6.98. The van der Waals surface area contributed by atoms with Crippen LogP contribution >= 0.6 is 0 Å². The van der Waals surface area contributed by atoms with Crippen molar-refractivity contribution in [2.75, 3.05) is 49.7 Å². The molecule has 26 heavy (non-hydrogen) atoms. The van der Waals surface area contributed by atoms with Crippen molar-refractivity contribution in [3.05, 3.63) is 53.7 Å². The number of rotatable bonds is 7. The molecule has 1 aliphatic rings. The average molecular weight is 354 g/mol. The topological polar surface area (TPSA) is 40.6 Å². The van der Waals surface area contributed by atoms with Crippen molar-refractivity contribution in [3.8, 4) is 0 Å². The molecule has 1 N–H and O–H groups in total. The van der Waals surface area contributed by atoms with Gasteiger partial charge >= 0.3 is 0 Å². The number of hydrogen-bond donors (Lipinski definition) is 1. The van der Waals surface area contributed by atoms with E-state index in [0.717, 1.165) is 38.5 Å². The van der Waals surface area contributed by atoms with Crippen LogP contribution in [0.5, 0.6) is 0 Å². The van der Waals surface area contributed by atoms with Gasteiger partial charge in [-0.15, -0.1) is 0 Å². The Morgan fingerprint density at radius 1 is 1.08 bits per heavy atom. The maximum Gasteiger partial charge on any atom is 0.133 e. The van der Waals surface area contributed by atoms with Crippen LogP contribution in [-0.4, -0.2) is 50.9 Å². The van der Waals surface area contributed by atoms with Gasteiger partial charge in [0, 0.05) is 63.3 Å². The van der Waals surface area contributed by atoms with Gasteiger partial charge in [0.15, 0.2) is 0 Å². The number of para-hydroxylation sites is 1. The Morgan fingerprint density at radius 3 is 2.54 bits per heavy atom. The highest BCUT2D eigenvalue weighted by molar-refractivity contribution is 5.55. The number of piperazine rings is 1. The number of anilines is 2. The minimum atomic E-state index is 0.325. The van der Waals surface area contributed by atoms with Gasteiger partial charge in [-0.25, -0.2) is 4.98 Å². The Hall–Kier alpha value is -2.11. The van der Waals surface area contributed by atoms with Crippen molar-refractivity contribution in [3.63, 3.8) is 0 Å². The zero-order chi connectivity index (χ0) is 18.4. The van der Waals surface area contributed by atoms with Gasteiger partial charge in [-0.3, -0.25) is 0 Å². The molecule has 0 radical (unpaired) electrons. The van der Waals surface area contributed by atoms with E-state index in [1.807, 2.05) is 12.3 Å². The van der Waals surface area contributed by atoms with Gasteiger partial charge in [-0.05, 0) is 31.5 Å². The second-order valence-electron chi connectivity index (χ2n) is 6.98. The first-order valence-corrected chi connectivity index (χ1v) is 9.40. The number of pyridine rings is 1. The fourth-order valence-electron chi connectivity index (χ4n) is 3.52. The molecular formula is C21H30N4O. The fraction of sp³-hybridized carbons (Fsp3) is 0.476. The summed E-state index contributed by atoms with van der Waals surface area (Å²) < 4.78 is 5.21. The first-order valence-electron chi connectivity index (χ1n) is 9.40. The first-order chi connectivity index (χ1) is 12.7. The molecule has 0 spiro atoms. The van der Waals surface area contributed by atoms with Crippen LogP contribution in [-0.2, 0) is 11.3 Å². The van der Waals surface area contributed by atoms with E-state index in [-0.39, 0.29) is 0 Å². The van der Waals surface area contributed by atoms with Gasteiger partial charge in [-0.1, -0.05) is 24.3 Å². The molecule has 1 aromatic carbocycles. The third-order valence-corrected chi connectivity index (χ3v) is 4.96. The largest absolute Gasteiger partial charge is 0.383 e. The molecule has 0 saturated carbocycles. The predicted molar refractivity (Wildman–Crippen MR) is 108 cm³/mol. The van der Waals surface area contributed by atoms with E-state index < -0.39 is 0 Å². The van der Waals surface area contributed by atoms with E-state index in [1.54, 1.807) is 7.11 Å². The zero-order valence-corrected chi connectivity index (χ0v) is 16.1. The minimum absolute atomic E-state index is 0.325. The van der Waals surface area contributed by atoms with Crippen molar-refractivity contribution in [1.82, 2.24) is 10.3 Å². The van der Waals surface area contributed by atoms with E-state index in [4.69, 9.17) is 4.74 Å². The van der Waals surface area contributed by atoms with Crippen molar-refractivity contribution in [2.24, 2.45) is 0 Å². The minimum Gasteiger partial charge on any atom is -0.383 e. The SMILES string of the molecule is COC[C@H](C)NCc1cccnc1N1CCN(c2ccccc2C)CC1. The second kappa shape index (κ2) is 9.01. The highest BCUT2D eigenvalue weighted by Gasteiger charge is 2.21. The monoisotopic (exact) mass is 354 g/mol. The highest BCUT2D eigenvalue weighted by atomic mass is 16.5. The Labute approximate surface area is 157 Å². The Kier molecular flexibility index (Phi) is 6.47. The van der Waals surface area contributed by atoms with Crippen LogP contribution in [0.15, 0.2) is 42.6 Å². The molecule has 0 unspecified atom stereocenters. The van der Waals surface area contributed by atoms with Gasteiger partial charge in [0.1, 0.15) is 5.82 Å². The lowest BCUT2D eigenvalue weighted by Crippen LogP contribution is -2.47. The maximum atomic E-state index is 5.21. The molecule has 1 fully saturated rings. The lowest BCUT2D eigenvalue weighted by molar-refractivity contribution is 0.171. The van der Waals surface area contributed by atoms with Gasteiger partial charge in [-0.2, -0.15) is 0 Å². The van der Waals surface area contributed by atoms with E-state index in [2.05, 4.69) is 64.3 Å². The van der Waals surface area contributed by atoms with Gasteiger partial charge < -0.3 is 19.9 Å². The van der Waals surface area contributed by atoms with E-state index in [9.17, 15) is 0 Å². The number of aryl methyl sites for hydroxylation is 1. The molecule has 5 nitrogen and oxygen atoms in total. The summed E-state index contributed by atoms with van der Waals surface area (Å²) >= 11 is 0. The molecule has 1 atom stereocenters. The van der Waals surface area contributed by atoms with E-state index in [1.165, 1.54) is 16.8 Å². The summed E-state index contributed by atoms with van der Waals surface area (Å²) in [4.78, 5) is 9.57. The van der Waals surface area contributed by atoms with E-state index in [0.29, 0.717) is 12.6 Å². The van der Waals surface area contributed by atoms with Crippen LogP contribution in [0.25, 0.3) is 0 Å². The first kappa shape index (κ1) is 18.7. The number of ether oxygens (including phenoxy) is 1. The number of nitrogens with zero attached hydrogens (tertiary/aromatic N) is 3. The number of nitrogens with one attached hydrogen (secondary N) is 1. The fourth-order valence-corrected chi connectivity index (χ4v) is 3.52. The molecule has 1 saturated heterocycles. The maximum absolute atomic E-state index is 5.21. The molecule has 140 valence electrons. The molecule has 2 heterocycles. The van der Waals surface area contributed by atoms with Crippen molar-refractivity contribution >= 4 is 11.5 Å². The Bertz CT molecular complexity index is 698. The van der Waals surface area contributed by atoms with Crippen LogP contribution in [0.3, 0.4) is 0 Å². The lowest BCUT2D eigenvalue weighted by Gasteiger charge is -2.38. The number of hydrogen-bond acceptors (Lipinski definition) is 5. The summed E-state index contributed by atoms with van der Waals surface area (Å²) in [5, 5.41) is 3.52. The van der Waals surface area contributed by atoms with E-state index >= 15 is 0 Å². The average Bonchev–Trinajstić information content (AvgIpc) is 2.67. The molecule has 0 bridgehead atoms. The van der Waals surface area contributed by atoms with Crippen molar-refractivity contribution in [1.29, 1.82) is 0 Å². The summed E-state index contributed by atoms with van der Waals surface area (Å²) in [5.74, 6) is 1.11. The predicted octanol–water partition coefficient (Wildman–Crippen LogP) is 2.84. The third-order valence-electron chi connectivity index (χ3n) is 4.96. The normalized spacial score (nSPS) is 16.0. The summed E-state index contributed by atoms with van der Waals surface area (Å²) in [6.45, 7) is 9.88. The van der Waals surface area contributed by atoms with Gasteiger partial charge in [0.2, 0.25) is 0 Å². The van der Waals surface area contributed by atoms with Crippen LogP contribution in [0.1, 0.15) is 18.1 Å². The Balaban J connectivity index is 1.63. The van der Waals surface area contributed by atoms with Crippen LogP contribution in [0.2, 0.25) is 0 Å². The van der Waals surface area contributed by atoms with Crippen LogP contribution in [0.4, 0.5) is 11.5 Å². The van der Waals surface area contributed by atoms with Gasteiger partial charge in [0.05, 0.1) is 6.61 Å². The van der Waals surface area contributed by atoms with Crippen LogP contribution < -0.4 is 15.1 Å². The zero-order valence-electron chi connectivity index (χ0n) is 16.1. The van der Waals surface area contributed by atoms with Crippen molar-refractivity contribution in [2.45, 2.75) is 26.4 Å². The molecule has 1 aromatic heterocycles. The summed E-state index contributed by atoms with van der Waals surface area (Å²) in [6, 6.07) is 13.1. The van der Waals surface area contributed by atoms with Crippen LogP contribution in [0, 0.1) is 6.92 Å². The third kappa shape index (κ3) is 4.54. The Morgan fingerprint density at radius 2 is 1.81 bits per heavy atom. The molecule has 0 aliphatic carbocycles. The molecule has 1 aliphatic heterocycles. The van der Waals surface area contributed by atoms with Crippen molar-refractivity contribution < 1.29 is 4.74 Å².